The van der Waals surface area contributed by atoms with Gasteiger partial charge in [-0.3, -0.25) is 0 Å². The van der Waals surface area contributed by atoms with Crippen LogP contribution in [0.5, 0.6) is 0 Å². The molecule has 7 heteroatoms. The fourth-order valence-corrected chi connectivity index (χ4v) is 2.92. The summed E-state index contributed by atoms with van der Waals surface area (Å²) in [4.78, 5) is 17.5. The zero-order valence-electron chi connectivity index (χ0n) is 13.8. The number of carbonyl (C=O) groups is 1. The summed E-state index contributed by atoms with van der Waals surface area (Å²) in [5.74, 6) is 1.14. The summed E-state index contributed by atoms with van der Waals surface area (Å²) in [6.07, 6.45) is 2.77. The van der Waals surface area contributed by atoms with Gasteiger partial charge in [-0.25, -0.2) is 9.78 Å². The molecule has 2 aromatic rings. The van der Waals surface area contributed by atoms with Gasteiger partial charge in [0.1, 0.15) is 22.1 Å². The first-order valence-corrected chi connectivity index (χ1v) is 8.41. The molecule has 0 aliphatic heterocycles. The number of hydrogen-bond donors (Lipinski definition) is 3. The number of aromatic nitrogens is 1. The van der Waals surface area contributed by atoms with Crippen molar-refractivity contribution in [1.82, 2.24) is 15.6 Å². The number of furan rings is 1. The number of nitrogens with one attached hydrogen (secondary N) is 2. The molecule has 0 saturated carbocycles. The van der Waals surface area contributed by atoms with Gasteiger partial charge < -0.3 is 20.2 Å². The van der Waals surface area contributed by atoms with Crippen LogP contribution in [0, 0.1) is 6.92 Å². The highest BCUT2D eigenvalue weighted by Crippen LogP contribution is 2.22. The molecule has 0 spiro atoms. The number of urea groups is 1. The number of rotatable bonds is 6. The van der Waals surface area contributed by atoms with Crippen molar-refractivity contribution < 1.29 is 14.3 Å². The van der Waals surface area contributed by atoms with Gasteiger partial charge in [0.15, 0.2) is 0 Å². The minimum Gasteiger partial charge on any atom is -0.463 e. The molecule has 0 aliphatic rings. The van der Waals surface area contributed by atoms with Gasteiger partial charge in [0.05, 0.1) is 12.6 Å². The fourth-order valence-electron chi connectivity index (χ4n) is 2.06. The van der Waals surface area contributed by atoms with Crippen LogP contribution in [0.15, 0.2) is 22.7 Å². The number of aryl methyl sites for hydroxylation is 2. The Balaban J connectivity index is 1.87. The number of aliphatic hydroxyl groups is 1. The lowest BCUT2D eigenvalue weighted by molar-refractivity contribution is 0.0359. The van der Waals surface area contributed by atoms with Crippen LogP contribution in [0.1, 0.15) is 48.2 Å². The van der Waals surface area contributed by atoms with Gasteiger partial charge in [-0.2, -0.15) is 0 Å². The Labute approximate surface area is 139 Å². The summed E-state index contributed by atoms with van der Waals surface area (Å²) in [5, 5.41) is 16.7. The highest BCUT2D eigenvalue weighted by Gasteiger charge is 2.27. The highest BCUT2D eigenvalue weighted by molar-refractivity contribution is 7.11. The topological polar surface area (TPSA) is 87.4 Å². The van der Waals surface area contributed by atoms with Crippen molar-refractivity contribution in [1.29, 1.82) is 0 Å². The molecule has 126 valence electrons. The van der Waals surface area contributed by atoms with E-state index in [0.717, 1.165) is 11.4 Å². The van der Waals surface area contributed by atoms with Crippen LogP contribution in [0.25, 0.3) is 0 Å². The Morgan fingerprint density at radius 1 is 1.52 bits per heavy atom. The quantitative estimate of drug-likeness (QED) is 0.756. The summed E-state index contributed by atoms with van der Waals surface area (Å²) in [5.41, 5.74) is -1.26. The third-order valence-electron chi connectivity index (χ3n) is 3.50. The second-order valence-corrected chi connectivity index (χ2v) is 6.90. The average molecular weight is 337 g/mol. The van der Waals surface area contributed by atoms with Crippen LogP contribution in [0.3, 0.4) is 0 Å². The highest BCUT2D eigenvalue weighted by atomic mass is 32.1. The van der Waals surface area contributed by atoms with Gasteiger partial charge in [-0.15, -0.1) is 11.3 Å². The van der Waals surface area contributed by atoms with Crippen LogP contribution >= 0.6 is 11.3 Å². The van der Waals surface area contributed by atoms with Crippen molar-refractivity contribution in [3.8, 4) is 0 Å². The van der Waals surface area contributed by atoms with Crippen LogP contribution in [0.4, 0.5) is 4.79 Å². The van der Waals surface area contributed by atoms with Gasteiger partial charge in [0.2, 0.25) is 0 Å². The van der Waals surface area contributed by atoms with Crippen molar-refractivity contribution in [2.45, 2.75) is 45.8 Å². The maximum atomic E-state index is 12.0. The Bertz CT molecular complexity index is 663. The predicted octanol–water partition coefficient (Wildman–Crippen LogP) is 2.87. The van der Waals surface area contributed by atoms with Crippen LogP contribution < -0.4 is 10.6 Å². The molecule has 23 heavy (non-hydrogen) atoms. The largest absolute Gasteiger partial charge is 0.463 e. The molecule has 6 nitrogen and oxygen atoms in total. The summed E-state index contributed by atoms with van der Waals surface area (Å²) in [6.45, 7) is 7.41. The maximum absolute atomic E-state index is 12.0. The first-order valence-electron chi connectivity index (χ1n) is 7.60. The Hall–Kier alpha value is -1.86. The first kappa shape index (κ1) is 17.5. The smallest absolute Gasteiger partial charge is 0.315 e. The third kappa shape index (κ3) is 4.56. The minimum atomic E-state index is -1.26. The number of carbonyl (C=O) groups excluding carboxylic acids is 1. The van der Waals surface area contributed by atoms with E-state index >= 15 is 0 Å². The molecule has 0 bridgehead atoms. The molecule has 3 N–H and O–H groups in total. The number of hydrogen-bond acceptors (Lipinski definition) is 5. The molecule has 0 fully saturated rings. The Morgan fingerprint density at radius 2 is 2.26 bits per heavy atom. The van der Waals surface area contributed by atoms with E-state index in [2.05, 4.69) is 22.5 Å². The second kappa shape index (κ2) is 7.14. The van der Waals surface area contributed by atoms with Crippen molar-refractivity contribution >= 4 is 17.4 Å². The average Bonchev–Trinajstić information content (AvgIpc) is 3.14. The summed E-state index contributed by atoms with van der Waals surface area (Å²) >= 11 is 1.59. The van der Waals surface area contributed by atoms with Crippen molar-refractivity contribution in [2.24, 2.45) is 0 Å². The predicted molar refractivity (Wildman–Crippen MR) is 89.5 cm³/mol. The molecule has 2 heterocycles. The number of nitrogens with zero attached hydrogens (tertiary/aromatic N) is 1. The normalized spacial score (nSPS) is 15.0. The van der Waals surface area contributed by atoms with Gasteiger partial charge in [-0.1, -0.05) is 6.92 Å². The van der Waals surface area contributed by atoms with Crippen molar-refractivity contribution in [3.63, 3.8) is 0 Å². The van der Waals surface area contributed by atoms with E-state index in [-0.39, 0.29) is 18.6 Å². The zero-order chi connectivity index (χ0) is 17.0. The molecule has 2 amide bonds. The van der Waals surface area contributed by atoms with E-state index in [1.165, 1.54) is 4.88 Å². The molecular weight excluding hydrogens is 314 g/mol. The van der Waals surface area contributed by atoms with Crippen LogP contribution in [0.2, 0.25) is 0 Å². The lowest BCUT2D eigenvalue weighted by Gasteiger charge is -2.22. The van der Waals surface area contributed by atoms with E-state index in [9.17, 15) is 9.90 Å². The molecule has 0 saturated heterocycles. The van der Waals surface area contributed by atoms with E-state index in [1.807, 2.05) is 13.1 Å². The van der Waals surface area contributed by atoms with Gasteiger partial charge in [0, 0.05) is 11.1 Å². The monoisotopic (exact) mass is 337 g/mol. The van der Waals surface area contributed by atoms with E-state index in [4.69, 9.17) is 4.42 Å². The van der Waals surface area contributed by atoms with E-state index in [1.54, 1.807) is 37.3 Å². The van der Waals surface area contributed by atoms with Gasteiger partial charge in [0.25, 0.3) is 0 Å². The molecule has 0 aliphatic carbocycles. The fraction of sp³-hybridized carbons (Fsp3) is 0.500. The summed E-state index contributed by atoms with van der Waals surface area (Å²) in [6, 6.07) is 2.95. The van der Waals surface area contributed by atoms with E-state index in [0.29, 0.717) is 11.5 Å². The number of amides is 2. The molecule has 0 radical (unpaired) electrons. The molecule has 2 aromatic heterocycles. The molecule has 2 atom stereocenters. The van der Waals surface area contributed by atoms with Crippen molar-refractivity contribution in [3.05, 3.63) is 39.7 Å². The first-order chi connectivity index (χ1) is 10.8. The Morgan fingerprint density at radius 3 is 2.83 bits per heavy atom. The van der Waals surface area contributed by atoms with E-state index < -0.39 is 5.60 Å². The SMILES string of the molecule is CCc1cnc(C(C)NC(=O)NCC(C)(O)c2ccc(C)o2)s1. The van der Waals surface area contributed by atoms with Crippen molar-refractivity contribution in [2.75, 3.05) is 6.54 Å². The summed E-state index contributed by atoms with van der Waals surface area (Å²) < 4.78 is 5.42. The molecular formula is C16H23N3O3S. The van der Waals surface area contributed by atoms with Gasteiger partial charge >= 0.3 is 6.03 Å². The second-order valence-electron chi connectivity index (χ2n) is 5.75. The molecule has 2 unspecified atom stereocenters. The minimum absolute atomic E-state index is 0.0522. The third-order valence-corrected chi connectivity index (χ3v) is 4.83. The zero-order valence-corrected chi connectivity index (χ0v) is 14.7. The molecule has 2 rings (SSSR count). The maximum Gasteiger partial charge on any atom is 0.315 e. The molecule has 0 aromatic carbocycles. The lowest BCUT2D eigenvalue weighted by Crippen LogP contribution is -2.44. The Kier molecular flexibility index (Phi) is 5.43. The number of thiazole rings is 1. The van der Waals surface area contributed by atoms with Gasteiger partial charge in [-0.05, 0) is 39.3 Å². The standard InChI is InChI=1S/C16H23N3O3S/c1-5-12-8-17-14(23-12)11(3)19-15(20)18-9-16(4,21)13-7-6-10(2)22-13/h6-8,11,21H,5,9H2,1-4H3,(H2,18,19,20). The lowest BCUT2D eigenvalue weighted by atomic mass is 10.0. The van der Waals surface area contributed by atoms with Crippen LogP contribution in [-0.4, -0.2) is 22.7 Å². The van der Waals surface area contributed by atoms with Crippen LogP contribution in [-0.2, 0) is 12.0 Å². The summed E-state index contributed by atoms with van der Waals surface area (Å²) in [7, 11) is 0.